The Balaban J connectivity index is 2.28. The molecule has 0 aromatic carbocycles. The van der Waals surface area contributed by atoms with Crippen LogP contribution in [0.15, 0.2) is 12.3 Å². The van der Waals surface area contributed by atoms with E-state index in [9.17, 15) is 18.0 Å². The summed E-state index contributed by atoms with van der Waals surface area (Å²) in [5.74, 6) is -0.473. The highest BCUT2D eigenvalue weighted by molar-refractivity contribution is 5.92. The number of hydrogen-bond acceptors (Lipinski definition) is 3. The van der Waals surface area contributed by atoms with Gasteiger partial charge in [0, 0.05) is 26.2 Å². The lowest BCUT2D eigenvalue weighted by atomic mass is 9.79. The predicted octanol–water partition coefficient (Wildman–Crippen LogP) is 1.95. The zero-order valence-electron chi connectivity index (χ0n) is 9.12. The molecule has 0 aromatic rings. The lowest BCUT2D eigenvalue weighted by Crippen LogP contribution is -2.39. The van der Waals surface area contributed by atoms with Gasteiger partial charge in [-0.1, -0.05) is 0 Å². The summed E-state index contributed by atoms with van der Waals surface area (Å²) < 4.78 is 39.1. The quantitative estimate of drug-likeness (QED) is 0.700. The summed E-state index contributed by atoms with van der Waals surface area (Å²) in [6.45, 7) is 0. The van der Waals surface area contributed by atoms with Crippen LogP contribution in [0.4, 0.5) is 13.2 Å². The number of nitrogens with zero attached hydrogens (tertiary/aromatic N) is 1. The first kappa shape index (κ1) is 13.0. The third-order valence-electron chi connectivity index (χ3n) is 2.33. The predicted molar refractivity (Wildman–Crippen MR) is 51.5 cm³/mol. The van der Waals surface area contributed by atoms with Gasteiger partial charge >= 0.3 is 6.36 Å². The van der Waals surface area contributed by atoms with E-state index in [1.807, 2.05) is 0 Å². The topological polar surface area (TPSA) is 29.5 Å². The minimum Gasteiger partial charge on any atom is -0.383 e. The molecule has 6 heteroatoms. The van der Waals surface area contributed by atoms with E-state index in [2.05, 4.69) is 4.74 Å². The molecule has 92 valence electrons. The molecule has 0 saturated heterocycles. The number of carbonyl (C=O) groups is 1. The highest BCUT2D eigenvalue weighted by Gasteiger charge is 2.41. The maximum absolute atomic E-state index is 11.8. The summed E-state index contributed by atoms with van der Waals surface area (Å²) in [6, 6.07) is 0. The fraction of sp³-hybridized carbons (Fsp3) is 0.700. The lowest BCUT2D eigenvalue weighted by molar-refractivity contribution is -0.353. The van der Waals surface area contributed by atoms with Crippen LogP contribution in [0.25, 0.3) is 0 Å². The molecule has 0 spiro atoms. The molecule has 1 fully saturated rings. The van der Waals surface area contributed by atoms with Gasteiger partial charge < -0.3 is 4.90 Å². The van der Waals surface area contributed by atoms with E-state index < -0.39 is 12.5 Å². The molecule has 0 radical (unpaired) electrons. The van der Waals surface area contributed by atoms with Crippen LogP contribution >= 0.6 is 0 Å². The second-order valence-electron chi connectivity index (χ2n) is 4.04. The molecule has 0 atom stereocenters. The Bertz CT molecular complexity index is 280. The van der Waals surface area contributed by atoms with Crippen molar-refractivity contribution in [1.82, 2.24) is 4.90 Å². The number of carbonyl (C=O) groups excluding carboxylic acids is 1. The lowest BCUT2D eigenvalue weighted by Gasteiger charge is -2.33. The molecule has 1 aliphatic rings. The van der Waals surface area contributed by atoms with Crippen LogP contribution in [0.5, 0.6) is 0 Å². The maximum atomic E-state index is 11.8. The monoisotopic (exact) mass is 237 g/mol. The molecule has 0 heterocycles. The van der Waals surface area contributed by atoms with Gasteiger partial charge in [-0.2, -0.15) is 0 Å². The summed E-state index contributed by atoms with van der Waals surface area (Å²) in [5.41, 5.74) is 0. The van der Waals surface area contributed by atoms with E-state index >= 15 is 0 Å². The molecule has 0 aliphatic heterocycles. The smallest absolute Gasteiger partial charge is 0.383 e. The van der Waals surface area contributed by atoms with Crippen molar-refractivity contribution in [2.45, 2.75) is 25.3 Å². The molecule has 0 amide bonds. The van der Waals surface area contributed by atoms with Gasteiger partial charge in [-0.15, -0.1) is 13.2 Å². The van der Waals surface area contributed by atoms with Crippen molar-refractivity contribution in [1.29, 1.82) is 0 Å². The van der Waals surface area contributed by atoms with Gasteiger partial charge in [0.15, 0.2) is 5.78 Å². The Morgan fingerprint density at radius 2 is 1.94 bits per heavy atom. The van der Waals surface area contributed by atoms with Gasteiger partial charge in [-0.3, -0.25) is 9.53 Å². The summed E-state index contributed by atoms with van der Waals surface area (Å²) in [4.78, 5) is 13.1. The van der Waals surface area contributed by atoms with E-state index in [4.69, 9.17) is 0 Å². The molecule has 0 unspecified atom stereocenters. The largest absolute Gasteiger partial charge is 0.522 e. The molecule has 0 bridgehead atoms. The van der Waals surface area contributed by atoms with Gasteiger partial charge in [0.1, 0.15) is 0 Å². The van der Waals surface area contributed by atoms with Crippen molar-refractivity contribution in [3.63, 3.8) is 0 Å². The number of ketones is 1. The van der Waals surface area contributed by atoms with Crippen molar-refractivity contribution >= 4 is 5.78 Å². The van der Waals surface area contributed by atoms with Crippen molar-refractivity contribution in [3.8, 4) is 0 Å². The molecule has 3 nitrogen and oxygen atoms in total. The molecular weight excluding hydrogens is 223 g/mol. The third-order valence-corrected chi connectivity index (χ3v) is 2.33. The highest BCUT2D eigenvalue weighted by atomic mass is 19.4. The minimum atomic E-state index is -4.60. The first-order valence-corrected chi connectivity index (χ1v) is 4.91. The zero-order valence-corrected chi connectivity index (χ0v) is 9.12. The van der Waals surface area contributed by atoms with Crippen molar-refractivity contribution in [3.05, 3.63) is 12.3 Å². The Labute approximate surface area is 91.9 Å². The molecule has 16 heavy (non-hydrogen) atoms. The number of ether oxygens (including phenoxy) is 1. The Morgan fingerprint density at radius 3 is 2.38 bits per heavy atom. The first-order valence-electron chi connectivity index (χ1n) is 4.91. The van der Waals surface area contributed by atoms with E-state index in [1.165, 1.54) is 6.08 Å². The number of allylic oxidation sites excluding steroid dienone is 1. The van der Waals surface area contributed by atoms with Crippen LogP contribution in [0.2, 0.25) is 0 Å². The highest BCUT2D eigenvalue weighted by Crippen LogP contribution is 2.35. The zero-order chi connectivity index (χ0) is 12.3. The van der Waals surface area contributed by atoms with Crippen LogP contribution < -0.4 is 0 Å². The fourth-order valence-electron chi connectivity index (χ4n) is 1.44. The van der Waals surface area contributed by atoms with E-state index in [0.717, 1.165) is 0 Å². The number of rotatable bonds is 4. The molecular formula is C10H14F3NO2. The maximum Gasteiger partial charge on any atom is 0.522 e. The van der Waals surface area contributed by atoms with Crippen LogP contribution in [0, 0.1) is 5.92 Å². The van der Waals surface area contributed by atoms with Gasteiger partial charge in [-0.05, 0) is 18.9 Å². The van der Waals surface area contributed by atoms with E-state index in [1.54, 1.807) is 25.2 Å². The second kappa shape index (κ2) is 4.86. The molecule has 1 saturated carbocycles. The fourth-order valence-corrected chi connectivity index (χ4v) is 1.44. The van der Waals surface area contributed by atoms with Gasteiger partial charge in [-0.25, -0.2) is 0 Å². The third kappa shape index (κ3) is 4.22. The number of alkyl halides is 3. The van der Waals surface area contributed by atoms with Crippen molar-refractivity contribution in [2.75, 3.05) is 14.1 Å². The Hall–Kier alpha value is -1.04. The van der Waals surface area contributed by atoms with Crippen LogP contribution in [0.1, 0.15) is 12.8 Å². The SMILES string of the molecule is CN(C)C=CC(=O)[C@H]1C[C@@H](OC(F)(F)F)C1. The van der Waals surface area contributed by atoms with Crippen LogP contribution in [-0.4, -0.2) is 37.2 Å². The second-order valence-corrected chi connectivity index (χ2v) is 4.04. The first-order chi connectivity index (χ1) is 7.28. The molecule has 1 rings (SSSR count). The number of hydrogen-bond donors (Lipinski definition) is 0. The molecule has 0 N–H and O–H groups in total. The van der Waals surface area contributed by atoms with Gasteiger partial charge in [0.25, 0.3) is 0 Å². The minimum absolute atomic E-state index is 0.143. The van der Waals surface area contributed by atoms with Crippen LogP contribution in [0.3, 0.4) is 0 Å². The van der Waals surface area contributed by atoms with Gasteiger partial charge in [0.2, 0.25) is 0 Å². The number of halogens is 3. The van der Waals surface area contributed by atoms with Gasteiger partial charge in [0.05, 0.1) is 6.10 Å². The van der Waals surface area contributed by atoms with Crippen LogP contribution in [-0.2, 0) is 9.53 Å². The summed E-state index contributed by atoms with van der Waals surface area (Å²) in [7, 11) is 3.53. The Morgan fingerprint density at radius 1 is 1.38 bits per heavy atom. The van der Waals surface area contributed by atoms with E-state index in [0.29, 0.717) is 0 Å². The average molecular weight is 237 g/mol. The molecule has 0 aromatic heterocycles. The van der Waals surface area contributed by atoms with Crippen molar-refractivity contribution < 1.29 is 22.7 Å². The summed E-state index contributed by atoms with van der Waals surface area (Å²) >= 11 is 0. The summed E-state index contributed by atoms with van der Waals surface area (Å²) in [6.07, 6.45) is -2.19. The standard InChI is InChI=1S/C10H14F3NO2/c1-14(2)4-3-9(15)7-5-8(6-7)16-10(11,12)13/h3-4,7-8H,5-6H2,1-2H3/t7-,8+. The normalized spacial score (nSPS) is 25.6. The molecule has 1 aliphatic carbocycles. The summed E-state index contributed by atoms with van der Waals surface area (Å²) in [5, 5.41) is 0. The van der Waals surface area contributed by atoms with E-state index in [-0.39, 0.29) is 24.5 Å². The van der Waals surface area contributed by atoms with Crippen molar-refractivity contribution in [2.24, 2.45) is 5.92 Å². The Kier molecular flexibility index (Phi) is 3.96. The average Bonchev–Trinajstić information content (AvgIpc) is 2.05.